The molecule has 1 atom stereocenters. The lowest BCUT2D eigenvalue weighted by Gasteiger charge is -2.24. The average molecular weight is 564 g/mol. The molecule has 3 aromatic carbocycles. The number of hydrogen-bond acceptors (Lipinski definition) is 1. The molecule has 41 heavy (non-hydrogen) atoms. The molecule has 0 saturated heterocycles. The van der Waals surface area contributed by atoms with Crippen LogP contribution in [-0.2, 0) is 15.6 Å². The highest BCUT2D eigenvalue weighted by Gasteiger charge is 2.31. The van der Waals surface area contributed by atoms with Crippen LogP contribution in [0.25, 0.3) is 14.5 Å². The first-order valence-electron chi connectivity index (χ1n) is 12.5. The van der Waals surface area contributed by atoms with Crippen LogP contribution >= 0.6 is 0 Å². The second-order valence-electron chi connectivity index (χ2n) is 10.8. The average Bonchev–Trinajstić information content (AvgIpc) is 2.96. The van der Waals surface area contributed by atoms with Gasteiger partial charge in [0.05, 0.1) is 19.7 Å². The van der Waals surface area contributed by atoms with Crippen LogP contribution in [0.15, 0.2) is 72.8 Å². The predicted octanol–water partition coefficient (Wildman–Crippen LogP) is 10.5. The van der Waals surface area contributed by atoms with Gasteiger partial charge in [0.2, 0.25) is 6.43 Å². The Labute approximate surface area is 240 Å². The third kappa shape index (κ3) is 10.2. The van der Waals surface area contributed by atoms with E-state index >= 15 is 0 Å². The van der Waals surface area contributed by atoms with Crippen molar-refractivity contribution in [3.8, 4) is 0 Å². The van der Waals surface area contributed by atoms with Crippen LogP contribution in [0.3, 0.4) is 0 Å². The standard InChI is InChI=1S/2C11H11F2N.C11H11NO/c1-11(2,10(12)13)8-5-4-6-9(7-8)14-3;1-11(2,13)10(12)8-5-4-6-9(7-8)14-3;1-11(2,8-13)9-5-4-6-10(7-9)12-3/h2*4-7,10H,1-2H3;4-8H,1-2H3. The fourth-order valence-electron chi connectivity index (χ4n) is 3.29. The normalized spacial score (nSPS) is 11.8. The number of alkyl halides is 4. The van der Waals surface area contributed by atoms with E-state index in [4.69, 9.17) is 19.7 Å². The van der Waals surface area contributed by atoms with Gasteiger partial charge >= 0.3 is 0 Å². The first kappa shape index (κ1) is 34.5. The van der Waals surface area contributed by atoms with E-state index in [2.05, 4.69) is 14.5 Å². The summed E-state index contributed by atoms with van der Waals surface area (Å²) in [5, 5.41) is 0. The summed E-state index contributed by atoms with van der Waals surface area (Å²) in [6.45, 7) is 29.4. The van der Waals surface area contributed by atoms with Gasteiger partial charge in [0, 0.05) is 10.8 Å². The van der Waals surface area contributed by atoms with E-state index in [1.807, 2.05) is 19.9 Å². The van der Waals surface area contributed by atoms with Crippen LogP contribution in [0.4, 0.5) is 34.6 Å². The summed E-state index contributed by atoms with van der Waals surface area (Å²) < 4.78 is 52.0. The van der Waals surface area contributed by atoms with E-state index in [1.54, 1.807) is 48.5 Å². The van der Waals surface area contributed by atoms with Crippen molar-refractivity contribution < 1.29 is 22.4 Å². The van der Waals surface area contributed by atoms with Gasteiger partial charge in [-0.2, -0.15) is 0 Å². The maximum atomic E-state index is 13.5. The summed E-state index contributed by atoms with van der Waals surface area (Å²) in [6.07, 6.45) is -3.22. The fourth-order valence-corrected chi connectivity index (χ4v) is 3.29. The van der Waals surface area contributed by atoms with Gasteiger partial charge < -0.3 is 4.79 Å². The summed E-state index contributed by atoms with van der Waals surface area (Å²) in [7, 11) is 0. The van der Waals surface area contributed by atoms with E-state index in [-0.39, 0.29) is 5.56 Å². The summed E-state index contributed by atoms with van der Waals surface area (Å²) in [4.78, 5) is 20.4. The Balaban J connectivity index is 0.000000308. The van der Waals surface area contributed by atoms with Crippen molar-refractivity contribution in [3.05, 3.63) is 124 Å². The Morgan fingerprint density at radius 3 is 1.51 bits per heavy atom. The number of carbonyl (C=O) groups excluding carboxylic acids is 1. The SMILES string of the molecule is [C-]#[N+]c1cccc(C(C)(C)C(F)F)c1.[C-]#[N+]c1cccc(C(C)(C)C=O)c1.[C-]#[N+]c1cccc(C(F)C(C)(C)F)c1. The van der Waals surface area contributed by atoms with Crippen LogP contribution in [0.2, 0.25) is 0 Å². The molecule has 0 aliphatic carbocycles. The molecule has 8 heteroatoms. The Bertz CT molecular complexity index is 1440. The minimum absolute atomic E-state index is 0.214. The lowest BCUT2D eigenvalue weighted by atomic mass is 9.85. The molecule has 0 spiro atoms. The number of benzene rings is 3. The molecule has 4 nitrogen and oxygen atoms in total. The molecule has 0 amide bonds. The zero-order valence-electron chi connectivity index (χ0n) is 23.9. The predicted molar refractivity (Wildman–Crippen MR) is 155 cm³/mol. The number of halogens is 4. The van der Waals surface area contributed by atoms with Crippen molar-refractivity contribution in [1.82, 2.24) is 0 Å². The van der Waals surface area contributed by atoms with Crippen molar-refractivity contribution in [1.29, 1.82) is 0 Å². The smallest absolute Gasteiger partial charge is 0.247 e. The van der Waals surface area contributed by atoms with Gasteiger partial charge in [-0.3, -0.25) is 0 Å². The molecule has 214 valence electrons. The largest absolute Gasteiger partial charge is 0.302 e. The van der Waals surface area contributed by atoms with Gasteiger partial charge in [-0.15, -0.1) is 0 Å². The second-order valence-corrected chi connectivity index (χ2v) is 10.8. The molecule has 0 aromatic heterocycles. The molecule has 0 aliphatic rings. The summed E-state index contributed by atoms with van der Waals surface area (Å²) in [5.74, 6) is 0. The third-order valence-corrected chi connectivity index (χ3v) is 6.17. The van der Waals surface area contributed by atoms with E-state index in [9.17, 15) is 22.4 Å². The maximum Gasteiger partial charge on any atom is 0.247 e. The van der Waals surface area contributed by atoms with Gasteiger partial charge in [-0.25, -0.2) is 32.1 Å². The first-order valence-corrected chi connectivity index (χ1v) is 12.5. The van der Waals surface area contributed by atoms with Crippen molar-refractivity contribution in [2.24, 2.45) is 0 Å². The van der Waals surface area contributed by atoms with Crippen molar-refractivity contribution in [2.75, 3.05) is 0 Å². The molecule has 0 fully saturated rings. The molecule has 0 heterocycles. The van der Waals surface area contributed by atoms with Crippen LogP contribution in [0.1, 0.15) is 64.4 Å². The molecule has 0 aliphatic heterocycles. The number of aldehydes is 1. The van der Waals surface area contributed by atoms with E-state index in [0.717, 1.165) is 11.8 Å². The van der Waals surface area contributed by atoms with Crippen LogP contribution < -0.4 is 0 Å². The molecule has 0 radical (unpaired) electrons. The van der Waals surface area contributed by atoms with E-state index < -0.39 is 29.1 Å². The molecule has 0 bridgehead atoms. The zero-order chi connectivity index (χ0) is 31.4. The molecule has 3 aromatic rings. The Kier molecular flexibility index (Phi) is 12.5. The minimum atomic E-state index is -2.43. The Hall–Kier alpha value is -4.48. The zero-order valence-corrected chi connectivity index (χ0v) is 23.9. The number of nitrogens with zero attached hydrogens (tertiary/aromatic N) is 3. The van der Waals surface area contributed by atoms with Gasteiger partial charge in [-0.1, -0.05) is 86.6 Å². The molecule has 1 unspecified atom stereocenters. The minimum Gasteiger partial charge on any atom is -0.302 e. The van der Waals surface area contributed by atoms with Crippen molar-refractivity contribution in [3.63, 3.8) is 0 Å². The highest BCUT2D eigenvalue weighted by atomic mass is 19.3. The fraction of sp³-hybridized carbons (Fsp3) is 0.333. The number of carbonyl (C=O) groups is 1. The van der Waals surface area contributed by atoms with Gasteiger partial charge in [-0.05, 0) is 44.4 Å². The molecular formula is C33H33F4N3O. The van der Waals surface area contributed by atoms with Gasteiger partial charge in [0.1, 0.15) is 12.0 Å². The van der Waals surface area contributed by atoms with Gasteiger partial charge in [0.25, 0.3) is 0 Å². The lowest BCUT2D eigenvalue weighted by Crippen LogP contribution is -2.26. The van der Waals surface area contributed by atoms with Gasteiger partial charge in [0.15, 0.2) is 23.2 Å². The summed E-state index contributed by atoms with van der Waals surface area (Å²) >= 11 is 0. The highest BCUT2D eigenvalue weighted by molar-refractivity contribution is 5.68. The van der Waals surface area contributed by atoms with E-state index in [0.29, 0.717) is 22.6 Å². The number of rotatable bonds is 6. The Morgan fingerprint density at radius 1 is 0.683 bits per heavy atom. The second kappa shape index (κ2) is 14.8. The highest BCUT2D eigenvalue weighted by Crippen LogP contribution is 2.34. The van der Waals surface area contributed by atoms with Crippen molar-refractivity contribution in [2.45, 2.75) is 70.6 Å². The molecule has 0 saturated carbocycles. The maximum absolute atomic E-state index is 13.5. The Morgan fingerprint density at radius 2 is 1.10 bits per heavy atom. The number of hydrogen-bond donors (Lipinski definition) is 0. The summed E-state index contributed by atoms with van der Waals surface area (Å²) in [6, 6.07) is 19.5. The molecular weight excluding hydrogens is 530 g/mol. The quantitative estimate of drug-likeness (QED) is 0.167. The lowest BCUT2D eigenvalue weighted by molar-refractivity contribution is -0.111. The monoisotopic (exact) mass is 563 g/mol. The third-order valence-electron chi connectivity index (χ3n) is 6.17. The van der Waals surface area contributed by atoms with Crippen LogP contribution in [0, 0.1) is 19.7 Å². The van der Waals surface area contributed by atoms with Crippen LogP contribution in [0.5, 0.6) is 0 Å². The summed E-state index contributed by atoms with van der Waals surface area (Å²) in [5.41, 5.74) is -0.705. The topological polar surface area (TPSA) is 30.1 Å². The first-order chi connectivity index (χ1) is 19.0. The molecule has 0 N–H and O–H groups in total. The van der Waals surface area contributed by atoms with Crippen molar-refractivity contribution >= 4 is 23.3 Å². The van der Waals surface area contributed by atoms with E-state index in [1.165, 1.54) is 45.9 Å². The van der Waals surface area contributed by atoms with Crippen LogP contribution in [-0.4, -0.2) is 18.4 Å². The molecule has 3 rings (SSSR count).